The third kappa shape index (κ3) is 24.0. The van der Waals surface area contributed by atoms with Crippen LogP contribution in [0.15, 0.2) is 0 Å². The maximum Gasteiger partial charge on any atom is 0.202 e. The van der Waals surface area contributed by atoms with Crippen molar-refractivity contribution in [2.45, 2.75) is 181 Å². The highest BCUT2D eigenvalue weighted by Crippen LogP contribution is 2.19. The van der Waals surface area contributed by atoms with Gasteiger partial charge >= 0.3 is 0 Å². The van der Waals surface area contributed by atoms with Gasteiger partial charge in [-0.05, 0) is 38.5 Å². The van der Waals surface area contributed by atoms with Gasteiger partial charge in [-0.1, -0.05) is 136 Å². The SMILES string of the molecule is CCCCCCCCCCCCCC[N+](CCCCCCCC)(CCCCCCCC)CC(O)O. The van der Waals surface area contributed by atoms with E-state index in [9.17, 15) is 10.2 Å². The zero-order valence-electron chi connectivity index (χ0n) is 24.7. The van der Waals surface area contributed by atoms with E-state index >= 15 is 0 Å². The van der Waals surface area contributed by atoms with Crippen molar-refractivity contribution in [3.05, 3.63) is 0 Å². The van der Waals surface area contributed by atoms with Gasteiger partial charge < -0.3 is 14.7 Å². The topological polar surface area (TPSA) is 40.5 Å². The summed E-state index contributed by atoms with van der Waals surface area (Å²) in [5.41, 5.74) is 0. The van der Waals surface area contributed by atoms with Crippen LogP contribution in [0, 0.1) is 0 Å². The highest BCUT2D eigenvalue weighted by atomic mass is 16.5. The van der Waals surface area contributed by atoms with Gasteiger partial charge in [-0.3, -0.25) is 0 Å². The van der Waals surface area contributed by atoms with Crippen LogP contribution in [0.5, 0.6) is 0 Å². The monoisotopic (exact) mass is 499 g/mol. The lowest BCUT2D eigenvalue weighted by Gasteiger charge is -2.40. The molecule has 2 N–H and O–H groups in total. The van der Waals surface area contributed by atoms with Gasteiger partial charge in [0.2, 0.25) is 6.29 Å². The summed E-state index contributed by atoms with van der Waals surface area (Å²) in [5, 5.41) is 19.9. The number of aliphatic hydroxyl groups excluding tert-OH is 1. The summed E-state index contributed by atoms with van der Waals surface area (Å²) < 4.78 is 0.941. The molecule has 0 heterocycles. The van der Waals surface area contributed by atoms with Crippen LogP contribution in [0.1, 0.15) is 175 Å². The third-order valence-electron chi connectivity index (χ3n) is 8.01. The molecule has 3 heteroatoms. The Bertz CT molecular complexity index is 383. The summed E-state index contributed by atoms with van der Waals surface area (Å²) >= 11 is 0. The highest BCUT2D eigenvalue weighted by molar-refractivity contribution is 4.55. The van der Waals surface area contributed by atoms with Gasteiger partial charge in [-0.15, -0.1) is 0 Å². The lowest BCUT2D eigenvalue weighted by Crippen LogP contribution is -2.54. The molecule has 0 aromatic carbocycles. The Balaban J connectivity index is 4.37. The van der Waals surface area contributed by atoms with Gasteiger partial charge in [0, 0.05) is 0 Å². The molecule has 0 spiro atoms. The summed E-state index contributed by atoms with van der Waals surface area (Å²) in [5.74, 6) is 0. The molecule has 0 unspecified atom stereocenters. The lowest BCUT2D eigenvalue weighted by atomic mass is 10.0. The summed E-state index contributed by atoms with van der Waals surface area (Å²) in [7, 11) is 0. The van der Waals surface area contributed by atoms with Crippen LogP contribution in [0.25, 0.3) is 0 Å². The second-order valence-corrected chi connectivity index (χ2v) is 11.6. The number of nitrogens with zero attached hydrogens (tertiary/aromatic N) is 1. The summed E-state index contributed by atoms with van der Waals surface area (Å²) in [4.78, 5) is 0. The zero-order chi connectivity index (χ0) is 25.9. The van der Waals surface area contributed by atoms with Crippen molar-refractivity contribution in [1.29, 1.82) is 0 Å². The van der Waals surface area contributed by atoms with Crippen molar-refractivity contribution < 1.29 is 14.7 Å². The Morgan fingerprint density at radius 2 is 0.600 bits per heavy atom. The van der Waals surface area contributed by atoms with E-state index in [0.717, 1.165) is 24.1 Å². The fourth-order valence-electron chi connectivity index (χ4n) is 5.70. The van der Waals surface area contributed by atoms with E-state index in [-0.39, 0.29) is 0 Å². The summed E-state index contributed by atoms with van der Waals surface area (Å²) in [6.45, 7) is 10.8. The number of quaternary nitrogens is 1. The van der Waals surface area contributed by atoms with Crippen molar-refractivity contribution >= 4 is 0 Å². The average molecular weight is 499 g/mol. The normalized spacial score (nSPS) is 12.2. The molecule has 0 aromatic heterocycles. The molecule has 35 heavy (non-hydrogen) atoms. The minimum Gasteiger partial charge on any atom is -0.364 e. The Kier molecular flexibility index (Phi) is 26.8. The standard InChI is InChI=1S/C32H68NO2/c1-4-7-10-13-16-17-18-19-20-21-24-27-30-33(31-32(34)35,28-25-22-14-11-8-5-2)29-26-23-15-12-9-6-3/h32,34-35H,4-31H2,1-3H3/q+1. The van der Waals surface area contributed by atoms with Gasteiger partial charge in [-0.25, -0.2) is 0 Å². The van der Waals surface area contributed by atoms with Crippen molar-refractivity contribution in [2.75, 3.05) is 26.2 Å². The number of unbranched alkanes of at least 4 members (excludes halogenated alkanes) is 21. The maximum atomic E-state index is 9.96. The molecule has 0 fully saturated rings. The van der Waals surface area contributed by atoms with Crippen LogP contribution in [-0.4, -0.2) is 47.2 Å². The second kappa shape index (κ2) is 26.9. The van der Waals surface area contributed by atoms with Crippen molar-refractivity contribution in [3.63, 3.8) is 0 Å². The molecule has 0 aliphatic rings. The highest BCUT2D eigenvalue weighted by Gasteiger charge is 2.28. The largest absolute Gasteiger partial charge is 0.364 e. The van der Waals surface area contributed by atoms with Gasteiger partial charge in [0.05, 0.1) is 19.6 Å². The molecule has 0 radical (unpaired) electrons. The van der Waals surface area contributed by atoms with E-state index < -0.39 is 6.29 Å². The van der Waals surface area contributed by atoms with Gasteiger partial charge in [-0.2, -0.15) is 0 Å². The third-order valence-corrected chi connectivity index (χ3v) is 8.01. The Morgan fingerprint density at radius 3 is 0.829 bits per heavy atom. The predicted octanol–water partition coefficient (Wildman–Crippen LogP) is 9.54. The molecule has 0 saturated carbocycles. The molecular weight excluding hydrogens is 430 g/mol. The van der Waals surface area contributed by atoms with Crippen molar-refractivity contribution in [1.82, 2.24) is 0 Å². The quantitative estimate of drug-likeness (QED) is 0.0612. The second-order valence-electron chi connectivity index (χ2n) is 11.6. The number of rotatable bonds is 29. The molecule has 0 amide bonds. The first-order valence-electron chi connectivity index (χ1n) is 16.3. The lowest BCUT2D eigenvalue weighted by molar-refractivity contribution is -0.934. The van der Waals surface area contributed by atoms with Crippen LogP contribution >= 0.6 is 0 Å². The van der Waals surface area contributed by atoms with Crippen LogP contribution < -0.4 is 0 Å². The molecule has 0 aromatic rings. The zero-order valence-corrected chi connectivity index (χ0v) is 24.7. The van der Waals surface area contributed by atoms with E-state index in [1.54, 1.807) is 0 Å². The molecule has 0 rings (SSSR count). The minimum absolute atomic E-state index is 0.530. The van der Waals surface area contributed by atoms with E-state index in [0.29, 0.717) is 6.54 Å². The predicted molar refractivity (Wildman–Crippen MR) is 156 cm³/mol. The van der Waals surface area contributed by atoms with Crippen molar-refractivity contribution in [2.24, 2.45) is 0 Å². The number of aliphatic hydroxyl groups is 2. The van der Waals surface area contributed by atoms with E-state index in [2.05, 4.69) is 20.8 Å². The molecule has 0 aliphatic carbocycles. The van der Waals surface area contributed by atoms with E-state index in [1.807, 2.05) is 0 Å². The fourth-order valence-corrected chi connectivity index (χ4v) is 5.70. The first-order chi connectivity index (χ1) is 17.1. The molecular formula is C32H68NO2+. The first kappa shape index (κ1) is 34.9. The summed E-state index contributed by atoms with van der Waals surface area (Å²) in [6, 6.07) is 0. The molecule has 0 aliphatic heterocycles. The first-order valence-corrected chi connectivity index (χ1v) is 16.3. The fraction of sp³-hybridized carbons (Fsp3) is 1.00. The average Bonchev–Trinajstić information content (AvgIpc) is 2.84. The minimum atomic E-state index is -1.17. The van der Waals surface area contributed by atoms with Crippen molar-refractivity contribution in [3.8, 4) is 0 Å². The van der Waals surface area contributed by atoms with Crippen LogP contribution in [0.4, 0.5) is 0 Å². The number of hydrogen-bond donors (Lipinski definition) is 2. The summed E-state index contributed by atoms with van der Waals surface area (Å²) in [6.07, 6.45) is 31.2. The van der Waals surface area contributed by atoms with Crippen LogP contribution in [0.2, 0.25) is 0 Å². The van der Waals surface area contributed by atoms with Gasteiger partial charge in [0.1, 0.15) is 6.54 Å². The van der Waals surface area contributed by atoms with Gasteiger partial charge in [0.15, 0.2) is 0 Å². The smallest absolute Gasteiger partial charge is 0.202 e. The van der Waals surface area contributed by atoms with E-state index in [4.69, 9.17) is 0 Å². The maximum absolute atomic E-state index is 9.96. The number of hydrogen-bond acceptors (Lipinski definition) is 2. The Labute approximate surface area is 222 Å². The van der Waals surface area contributed by atoms with Crippen LogP contribution in [-0.2, 0) is 0 Å². The van der Waals surface area contributed by atoms with E-state index in [1.165, 1.54) is 154 Å². The van der Waals surface area contributed by atoms with Gasteiger partial charge in [0.25, 0.3) is 0 Å². The molecule has 0 bridgehead atoms. The molecule has 3 nitrogen and oxygen atoms in total. The van der Waals surface area contributed by atoms with Crippen LogP contribution in [0.3, 0.4) is 0 Å². The Morgan fingerprint density at radius 1 is 0.371 bits per heavy atom. The molecule has 212 valence electrons. The Hall–Kier alpha value is -0.120. The molecule has 0 atom stereocenters. The molecule has 0 saturated heterocycles.